The summed E-state index contributed by atoms with van der Waals surface area (Å²) in [6.07, 6.45) is 2.86. The Kier molecular flexibility index (Phi) is 5.06. The summed E-state index contributed by atoms with van der Waals surface area (Å²) in [7, 11) is 3.09. The third-order valence-corrected chi connectivity index (χ3v) is 5.11. The number of amides is 1. The predicted molar refractivity (Wildman–Crippen MR) is 86.8 cm³/mol. The quantitative estimate of drug-likeness (QED) is 0.847. The van der Waals surface area contributed by atoms with Crippen LogP contribution in [0.5, 0.6) is 5.75 Å². The molecule has 2 aliphatic heterocycles. The SMILES string of the molecule is COCC12CCCOC1CCN(C(=O)c1ccc(OC)c(F)c1)C2. The number of halogens is 1. The van der Waals surface area contributed by atoms with Gasteiger partial charge in [-0.2, -0.15) is 0 Å². The number of rotatable bonds is 4. The maximum atomic E-state index is 13.9. The molecule has 1 aromatic rings. The molecule has 2 fully saturated rings. The number of nitrogens with zero attached hydrogens (tertiary/aromatic N) is 1. The largest absolute Gasteiger partial charge is 0.494 e. The summed E-state index contributed by atoms with van der Waals surface area (Å²) in [6.45, 7) is 2.53. The Morgan fingerprint density at radius 1 is 1.46 bits per heavy atom. The summed E-state index contributed by atoms with van der Waals surface area (Å²) in [5, 5.41) is 0. The van der Waals surface area contributed by atoms with E-state index in [1.165, 1.54) is 19.2 Å². The second-order valence-electron chi connectivity index (χ2n) is 6.62. The number of ether oxygens (including phenoxy) is 3. The van der Waals surface area contributed by atoms with Gasteiger partial charge in [0.2, 0.25) is 0 Å². The summed E-state index contributed by atoms with van der Waals surface area (Å²) in [5.74, 6) is -0.538. The van der Waals surface area contributed by atoms with E-state index >= 15 is 0 Å². The van der Waals surface area contributed by atoms with Gasteiger partial charge in [-0.3, -0.25) is 4.79 Å². The molecule has 0 N–H and O–H groups in total. The van der Waals surface area contributed by atoms with Gasteiger partial charge in [-0.25, -0.2) is 4.39 Å². The average molecular weight is 337 g/mol. The van der Waals surface area contributed by atoms with E-state index in [1.807, 2.05) is 0 Å². The second kappa shape index (κ2) is 7.07. The fourth-order valence-electron chi connectivity index (χ4n) is 3.94. The fourth-order valence-corrected chi connectivity index (χ4v) is 3.94. The van der Waals surface area contributed by atoms with Crippen molar-refractivity contribution in [3.8, 4) is 5.75 Å². The van der Waals surface area contributed by atoms with Gasteiger partial charge >= 0.3 is 0 Å². The van der Waals surface area contributed by atoms with Crippen molar-refractivity contribution in [2.45, 2.75) is 25.4 Å². The van der Waals surface area contributed by atoms with Gasteiger partial charge in [0.05, 0.1) is 19.8 Å². The van der Waals surface area contributed by atoms with Crippen molar-refractivity contribution in [1.29, 1.82) is 0 Å². The monoisotopic (exact) mass is 337 g/mol. The molecule has 0 aliphatic carbocycles. The molecule has 0 spiro atoms. The summed E-state index contributed by atoms with van der Waals surface area (Å²) < 4.78 is 30.2. The molecule has 2 aliphatic rings. The number of piperidine rings is 1. The van der Waals surface area contributed by atoms with Crippen LogP contribution >= 0.6 is 0 Å². The van der Waals surface area contributed by atoms with Crippen molar-refractivity contribution < 1.29 is 23.4 Å². The number of carbonyl (C=O) groups is 1. The first-order valence-corrected chi connectivity index (χ1v) is 8.33. The van der Waals surface area contributed by atoms with Gasteiger partial charge < -0.3 is 19.1 Å². The van der Waals surface area contributed by atoms with Crippen LogP contribution in [0, 0.1) is 11.2 Å². The first kappa shape index (κ1) is 17.2. The van der Waals surface area contributed by atoms with E-state index in [1.54, 1.807) is 18.1 Å². The third kappa shape index (κ3) is 3.13. The Hall–Kier alpha value is -1.66. The Morgan fingerprint density at radius 3 is 3.00 bits per heavy atom. The van der Waals surface area contributed by atoms with Crippen LogP contribution < -0.4 is 4.74 Å². The van der Waals surface area contributed by atoms with Crippen LogP contribution in [0.25, 0.3) is 0 Å². The number of hydrogen-bond donors (Lipinski definition) is 0. The number of benzene rings is 1. The van der Waals surface area contributed by atoms with Crippen LogP contribution in [0.15, 0.2) is 18.2 Å². The van der Waals surface area contributed by atoms with Crippen molar-refractivity contribution >= 4 is 5.91 Å². The summed E-state index contributed by atoms with van der Waals surface area (Å²) in [5.41, 5.74) is 0.183. The molecule has 6 heteroatoms. The Morgan fingerprint density at radius 2 is 2.29 bits per heavy atom. The fraction of sp³-hybridized carbons (Fsp3) is 0.611. The van der Waals surface area contributed by atoms with Crippen molar-refractivity contribution in [3.63, 3.8) is 0 Å². The predicted octanol–water partition coefficient (Wildman–Crippen LogP) is 2.49. The molecule has 0 radical (unpaired) electrons. The molecule has 0 aromatic heterocycles. The second-order valence-corrected chi connectivity index (χ2v) is 6.62. The summed E-state index contributed by atoms with van der Waals surface area (Å²) >= 11 is 0. The minimum atomic E-state index is -0.522. The van der Waals surface area contributed by atoms with Gasteiger partial charge in [0.25, 0.3) is 5.91 Å². The van der Waals surface area contributed by atoms with E-state index in [-0.39, 0.29) is 23.2 Å². The average Bonchev–Trinajstić information content (AvgIpc) is 2.60. The minimum absolute atomic E-state index is 0.128. The standard InChI is InChI=1S/C18H24FNO4/c1-22-12-18-7-3-9-24-16(18)6-8-20(11-18)17(21)13-4-5-15(23-2)14(19)10-13/h4-5,10,16H,3,6-9,11-12H2,1-2H3. The molecule has 24 heavy (non-hydrogen) atoms. The Bertz CT molecular complexity index is 605. The van der Waals surface area contributed by atoms with E-state index in [0.29, 0.717) is 25.3 Å². The van der Waals surface area contributed by atoms with Crippen LogP contribution in [0.3, 0.4) is 0 Å². The molecule has 2 unspecified atom stereocenters. The lowest BCUT2D eigenvalue weighted by Gasteiger charge is -2.50. The molecule has 2 saturated heterocycles. The number of hydrogen-bond acceptors (Lipinski definition) is 4. The van der Waals surface area contributed by atoms with Gasteiger partial charge in [0.1, 0.15) is 0 Å². The number of fused-ring (bicyclic) bond motifs is 1. The number of carbonyl (C=O) groups excluding carboxylic acids is 1. The van der Waals surface area contributed by atoms with Crippen LogP contribution in [-0.2, 0) is 9.47 Å². The normalized spacial score (nSPS) is 26.8. The molecular weight excluding hydrogens is 313 g/mol. The lowest BCUT2D eigenvalue weighted by molar-refractivity contribution is -0.142. The molecule has 3 rings (SSSR count). The zero-order valence-electron chi connectivity index (χ0n) is 14.2. The van der Waals surface area contributed by atoms with Crippen molar-refractivity contribution in [2.24, 2.45) is 5.41 Å². The number of methoxy groups -OCH3 is 2. The topological polar surface area (TPSA) is 48.0 Å². The molecule has 2 heterocycles. The maximum absolute atomic E-state index is 13.9. The number of likely N-dealkylation sites (tertiary alicyclic amines) is 1. The molecule has 5 nitrogen and oxygen atoms in total. The summed E-state index contributed by atoms with van der Waals surface area (Å²) in [4.78, 5) is 14.6. The van der Waals surface area contributed by atoms with Gasteiger partial charge in [-0.05, 0) is 37.5 Å². The van der Waals surface area contributed by atoms with E-state index < -0.39 is 5.82 Å². The van der Waals surface area contributed by atoms with E-state index in [0.717, 1.165) is 25.9 Å². The van der Waals surface area contributed by atoms with E-state index in [4.69, 9.17) is 14.2 Å². The van der Waals surface area contributed by atoms with Crippen LogP contribution in [0.4, 0.5) is 4.39 Å². The molecule has 0 saturated carbocycles. The Balaban J connectivity index is 1.79. The highest BCUT2D eigenvalue weighted by Crippen LogP contribution is 2.40. The minimum Gasteiger partial charge on any atom is -0.494 e. The smallest absolute Gasteiger partial charge is 0.253 e. The van der Waals surface area contributed by atoms with Crippen LogP contribution in [0.2, 0.25) is 0 Å². The van der Waals surface area contributed by atoms with E-state index in [2.05, 4.69) is 0 Å². The molecular formula is C18H24FNO4. The lowest BCUT2D eigenvalue weighted by atomic mass is 9.73. The van der Waals surface area contributed by atoms with Crippen LogP contribution in [-0.4, -0.2) is 57.4 Å². The first-order chi connectivity index (χ1) is 11.6. The zero-order valence-corrected chi connectivity index (χ0v) is 14.2. The highest BCUT2D eigenvalue weighted by molar-refractivity contribution is 5.94. The van der Waals surface area contributed by atoms with Crippen molar-refractivity contribution in [3.05, 3.63) is 29.6 Å². The van der Waals surface area contributed by atoms with Gasteiger partial charge in [0.15, 0.2) is 11.6 Å². The van der Waals surface area contributed by atoms with Crippen molar-refractivity contribution in [2.75, 3.05) is 40.5 Å². The summed E-state index contributed by atoms with van der Waals surface area (Å²) in [6, 6.07) is 4.34. The van der Waals surface area contributed by atoms with Gasteiger partial charge in [0, 0.05) is 37.8 Å². The Labute approximate surface area is 141 Å². The first-order valence-electron chi connectivity index (χ1n) is 8.33. The van der Waals surface area contributed by atoms with Gasteiger partial charge in [-0.1, -0.05) is 0 Å². The van der Waals surface area contributed by atoms with E-state index in [9.17, 15) is 9.18 Å². The molecule has 132 valence electrons. The van der Waals surface area contributed by atoms with Crippen molar-refractivity contribution in [1.82, 2.24) is 4.90 Å². The molecule has 1 aromatic carbocycles. The highest BCUT2D eigenvalue weighted by atomic mass is 19.1. The lowest BCUT2D eigenvalue weighted by Crippen LogP contribution is -2.58. The van der Waals surface area contributed by atoms with Crippen LogP contribution in [0.1, 0.15) is 29.6 Å². The zero-order chi connectivity index (χ0) is 17.2. The molecule has 0 bridgehead atoms. The molecule has 2 atom stereocenters. The maximum Gasteiger partial charge on any atom is 0.253 e. The molecule has 1 amide bonds. The highest BCUT2D eigenvalue weighted by Gasteiger charge is 2.47. The van der Waals surface area contributed by atoms with Gasteiger partial charge in [-0.15, -0.1) is 0 Å². The third-order valence-electron chi connectivity index (χ3n) is 5.11.